The number of nitrogens with zero attached hydrogens (tertiary/aromatic N) is 2. The van der Waals surface area contributed by atoms with E-state index >= 15 is 0 Å². The van der Waals surface area contributed by atoms with Crippen LogP contribution in [0.4, 0.5) is 0 Å². The van der Waals surface area contributed by atoms with Gasteiger partial charge in [0.25, 0.3) is 11.8 Å². The highest BCUT2D eigenvalue weighted by Crippen LogP contribution is 2.45. The molecule has 4 aromatic carbocycles. The van der Waals surface area contributed by atoms with E-state index in [0.717, 1.165) is 51.6 Å². The molecule has 11 heteroatoms. The van der Waals surface area contributed by atoms with E-state index in [2.05, 4.69) is 21.7 Å². The van der Waals surface area contributed by atoms with Gasteiger partial charge in [0.15, 0.2) is 11.5 Å². The van der Waals surface area contributed by atoms with E-state index in [1.807, 2.05) is 85.8 Å². The number of benzene rings is 4. The molecule has 0 aliphatic heterocycles. The molecule has 2 amide bonds. The summed E-state index contributed by atoms with van der Waals surface area (Å²) < 4.78 is 15.9. The number of methoxy groups -OCH3 is 2. The molecule has 0 bridgehead atoms. The number of rotatable bonds is 12. The minimum absolute atomic E-state index is 0.0249. The van der Waals surface area contributed by atoms with Gasteiger partial charge in [0.05, 0.1) is 25.8 Å². The first kappa shape index (κ1) is 36.7. The fourth-order valence-corrected chi connectivity index (χ4v) is 6.29. The summed E-state index contributed by atoms with van der Waals surface area (Å²) in [6.07, 6.45) is 6.43. The minimum Gasteiger partial charge on any atom is -0.493 e. The fourth-order valence-electron chi connectivity index (χ4n) is 6.29. The maximum atomic E-state index is 13.3. The Hall–Kier alpha value is -7.11. The summed E-state index contributed by atoms with van der Waals surface area (Å²) in [6.45, 7) is 3.08. The lowest BCUT2D eigenvalue weighted by Crippen LogP contribution is -2.35. The molecular formula is C43H37N5O6. The number of amides is 2. The summed E-state index contributed by atoms with van der Waals surface area (Å²) >= 11 is 0. The van der Waals surface area contributed by atoms with Crippen molar-refractivity contribution < 1.29 is 28.6 Å². The molecule has 1 fully saturated rings. The number of aromatic nitrogens is 1. The first-order valence-electron chi connectivity index (χ1n) is 17.2. The highest BCUT2D eigenvalue weighted by Gasteiger charge is 2.45. The Morgan fingerprint density at radius 3 is 2.13 bits per heavy atom. The largest absolute Gasteiger partial charge is 0.493 e. The molecule has 1 aromatic heterocycles. The second-order valence-corrected chi connectivity index (χ2v) is 12.9. The van der Waals surface area contributed by atoms with Crippen LogP contribution in [0, 0.1) is 22.7 Å². The van der Waals surface area contributed by atoms with Crippen molar-refractivity contribution in [3.8, 4) is 40.5 Å². The third-order valence-electron chi connectivity index (χ3n) is 9.28. The Morgan fingerprint density at radius 2 is 1.50 bits per heavy atom. The fraction of sp³-hybridized carbons (Fsp3) is 0.186. The lowest BCUT2D eigenvalue weighted by Gasteiger charge is -2.17. The van der Waals surface area contributed by atoms with Gasteiger partial charge < -0.3 is 29.8 Å². The van der Waals surface area contributed by atoms with Crippen molar-refractivity contribution in [1.82, 2.24) is 15.6 Å². The number of carbonyl (C=O) groups is 3. The van der Waals surface area contributed by atoms with Gasteiger partial charge >= 0.3 is 5.97 Å². The molecule has 0 unspecified atom stereocenters. The van der Waals surface area contributed by atoms with Crippen LogP contribution in [0.1, 0.15) is 55.0 Å². The molecule has 11 nitrogen and oxygen atoms in total. The molecular weight excluding hydrogens is 683 g/mol. The molecule has 0 spiro atoms. The zero-order valence-electron chi connectivity index (χ0n) is 30.2. The second-order valence-electron chi connectivity index (χ2n) is 12.9. The summed E-state index contributed by atoms with van der Waals surface area (Å²) in [6, 6.07) is 30.0. The third kappa shape index (κ3) is 7.86. The zero-order valence-corrected chi connectivity index (χ0v) is 30.2. The second kappa shape index (κ2) is 15.6. The number of nitriles is 2. The average Bonchev–Trinajstić information content (AvgIpc) is 3.86. The summed E-state index contributed by atoms with van der Waals surface area (Å²) in [7, 11) is 2.80. The van der Waals surface area contributed by atoms with Crippen LogP contribution in [-0.2, 0) is 19.9 Å². The van der Waals surface area contributed by atoms with Crippen molar-refractivity contribution in [2.24, 2.45) is 0 Å². The van der Waals surface area contributed by atoms with Crippen LogP contribution in [0.15, 0.2) is 102 Å². The number of nitrogens with one attached hydrogen (secondary N) is 3. The summed E-state index contributed by atoms with van der Waals surface area (Å²) in [5.41, 5.74) is 5.08. The van der Waals surface area contributed by atoms with Crippen LogP contribution in [0.5, 0.6) is 17.2 Å². The van der Waals surface area contributed by atoms with Gasteiger partial charge in [-0.3, -0.25) is 14.4 Å². The van der Waals surface area contributed by atoms with Gasteiger partial charge in [0.1, 0.15) is 23.3 Å². The number of H-pyrrole nitrogens is 1. The van der Waals surface area contributed by atoms with E-state index in [-0.39, 0.29) is 28.4 Å². The van der Waals surface area contributed by atoms with Gasteiger partial charge in [-0.1, -0.05) is 60.7 Å². The molecule has 1 atom stereocenters. The molecule has 1 aliphatic rings. The van der Waals surface area contributed by atoms with Crippen LogP contribution in [-0.4, -0.2) is 37.0 Å². The molecule has 54 heavy (non-hydrogen) atoms. The SMILES string of the molecule is COc1cc(/C=C(\C#N)C(=O)N[C@@H](C)c2cccc(-c3ccc4c(/C=C(\C#N)C(=O)NC5(c6ccccc6)CC5)c[nH]c4c3)c2)cc(OC)c1OC(C)=O. The number of hydrogen-bond acceptors (Lipinski definition) is 8. The predicted octanol–water partition coefficient (Wildman–Crippen LogP) is 7.27. The predicted molar refractivity (Wildman–Crippen MR) is 204 cm³/mol. The average molecular weight is 720 g/mol. The Balaban J connectivity index is 1.17. The van der Waals surface area contributed by atoms with E-state index in [1.165, 1.54) is 39.4 Å². The highest BCUT2D eigenvalue weighted by atomic mass is 16.6. The molecule has 1 aliphatic carbocycles. The van der Waals surface area contributed by atoms with Gasteiger partial charge in [0, 0.05) is 29.6 Å². The van der Waals surface area contributed by atoms with Gasteiger partial charge in [-0.25, -0.2) is 0 Å². The van der Waals surface area contributed by atoms with Gasteiger partial charge in [-0.2, -0.15) is 10.5 Å². The van der Waals surface area contributed by atoms with E-state index in [9.17, 15) is 24.9 Å². The number of fused-ring (bicyclic) bond motifs is 1. The number of hydrogen-bond donors (Lipinski definition) is 3. The van der Waals surface area contributed by atoms with Crippen molar-refractivity contribution in [3.63, 3.8) is 0 Å². The smallest absolute Gasteiger partial charge is 0.308 e. The first-order valence-corrected chi connectivity index (χ1v) is 17.2. The van der Waals surface area contributed by atoms with Crippen molar-refractivity contribution >= 4 is 40.8 Å². The lowest BCUT2D eigenvalue weighted by atomic mass is 9.98. The first-order chi connectivity index (χ1) is 26.1. The normalized spacial score (nSPS) is 13.9. The molecule has 3 N–H and O–H groups in total. The molecule has 5 aromatic rings. The van der Waals surface area contributed by atoms with Crippen molar-refractivity contribution in [1.29, 1.82) is 10.5 Å². The minimum atomic E-state index is -0.580. The van der Waals surface area contributed by atoms with E-state index in [1.54, 1.807) is 12.3 Å². The summed E-state index contributed by atoms with van der Waals surface area (Å²) in [4.78, 5) is 41.3. The zero-order chi connectivity index (χ0) is 38.4. The summed E-state index contributed by atoms with van der Waals surface area (Å²) in [5, 5.41) is 26.6. The quantitative estimate of drug-likeness (QED) is 0.0524. The number of aromatic amines is 1. The third-order valence-corrected chi connectivity index (χ3v) is 9.28. The molecule has 270 valence electrons. The molecule has 1 saturated carbocycles. The Kier molecular flexibility index (Phi) is 10.6. The Labute approximate surface area is 312 Å². The van der Waals surface area contributed by atoms with E-state index < -0.39 is 29.4 Å². The van der Waals surface area contributed by atoms with E-state index in [4.69, 9.17) is 14.2 Å². The topological polar surface area (TPSA) is 166 Å². The van der Waals surface area contributed by atoms with Gasteiger partial charge in [-0.05, 0) is 84.0 Å². The van der Waals surface area contributed by atoms with Gasteiger partial charge in [0.2, 0.25) is 5.75 Å². The van der Waals surface area contributed by atoms with E-state index in [0.29, 0.717) is 5.56 Å². The highest BCUT2D eigenvalue weighted by molar-refractivity contribution is 6.05. The standard InChI is InChI=1S/C43H37N5O6/c1-26(47-41(50)32(23-44)17-28-18-38(52-3)40(54-27(2)49)39(19-28)53-4)29-9-8-10-30(20-29)31-13-14-36-34(25-46-37(36)22-31)21-33(24-45)42(51)48-43(15-16-43)35-11-6-5-7-12-35/h5-14,17-22,25-26,46H,15-16H2,1-4H3,(H,47,50)(H,48,51)/b32-17+,33-21+/t26-/m0/s1. The van der Waals surface area contributed by atoms with Crippen LogP contribution in [0.2, 0.25) is 0 Å². The lowest BCUT2D eigenvalue weighted by molar-refractivity contribution is -0.132. The Bertz CT molecular complexity index is 2390. The Morgan fingerprint density at radius 1 is 0.833 bits per heavy atom. The van der Waals surface area contributed by atoms with Crippen LogP contribution < -0.4 is 24.8 Å². The number of carbonyl (C=O) groups excluding carboxylic acids is 3. The molecule has 0 saturated heterocycles. The summed E-state index contributed by atoms with van der Waals surface area (Å²) in [5.74, 6) is -1.06. The maximum Gasteiger partial charge on any atom is 0.308 e. The maximum absolute atomic E-state index is 13.3. The van der Waals surface area contributed by atoms with Crippen LogP contribution in [0.3, 0.4) is 0 Å². The van der Waals surface area contributed by atoms with Gasteiger partial charge in [-0.15, -0.1) is 0 Å². The van der Waals surface area contributed by atoms with Crippen molar-refractivity contribution in [2.45, 2.75) is 38.3 Å². The van der Waals surface area contributed by atoms with Crippen LogP contribution >= 0.6 is 0 Å². The molecule has 1 heterocycles. The molecule has 0 radical (unpaired) electrons. The van der Waals surface area contributed by atoms with Crippen molar-refractivity contribution in [2.75, 3.05) is 14.2 Å². The number of ether oxygens (including phenoxy) is 3. The van der Waals surface area contributed by atoms with Crippen LogP contribution in [0.25, 0.3) is 34.2 Å². The monoisotopic (exact) mass is 719 g/mol. The molecule has 6 rings (SSSR count). The number of esters is 1. The van der Waals surface area contributed by atoms with Crippen molar-refractivity contribution in [3.05, 3.63) is 125 Å².